The zero-order valence-electron chi connectivity index (χ0n) is 8.03. The van der Waals surface area contributed by atoms with Crippen molar-refractivity contribution in [2.75, 3.05) is 0 Å². The van der Waals surface area contributed by atoms with Gasteiger partial charge in [0.05, 0.1) is 5.01 Å². The van der Waals surface area contributed by atoms with Gasteiger partial charge in [0.1, 0.15) is 6.10 Å². The van der Waals surface area contributed by atoms with E-state index < -0.39 is 6.10 Å². The summed E-state index contributed by atoms with van der Waals surface area (Å²) in [6, 6.07) is 0. The van der Waals surface area contributed by atoms with Crippen molar-refractivity contribution in [2.45, 2.75) is 32.8 Å². The Kier molecular flexibility index (Phi) is 3.47. The lowest BCUT2D eigenvalue weighted by atomic mass is 10.1. The van der Waals surface area contributed by atoms with Gasteiger partial charge in [0, 0.05) is 17.0 Å². The molecule has 0 unspecified atom stereocenters. The molecule has 0 saturated heterocycles. The lowest BCUT2D eigenvalue weighted by molar-refractivity contribution is 0.206. The number of hydrogen-bond donors (Lipinski definition) is 1. The highest BCUT2D eigenvalue weighted by Crippen LogP contribution is 2.22. The topological polar surface area (TPSA) is 33.1 Å². The average Bonchev–Trinajstić information content (AvgIpc) is 2.51. The molecule has 0 spiro atoms. The van der Waals surface area contributed by atoms with Crippen LogP contribution in [0.1, 0.15) is 30.5 Å². The Labute approximate surface area is 82.6 Å². The molecule has 0 aromatic carbocycles. The zero-order valence-corrected chi connectivity index (χ0v) is 8.85. The van der Waals surface area contributed by atoms with Crippen LogP contribution in [0.4, 0.5) is 0 Å². The molecule has 2 nitrogen and oxygen atoms in total. The molecule has 3 heteroatoms. The highest BCUT2D eigenvalue weighted by molar-refractivity contribution is 7.09. The summed E-state index contributed by atoms with van der Waals surface area (Å²) in [5.41, 5.74) is 1.00. The Bertz CT molecular complexity index is 334. The number of aliphatic hydroxyl groups excluding tert-OH is 1. The fourth-order valence-electron chi connectivity index (χ4n) is 0.989. The third-order valence-electron chi connectivity index (χ3n) is 1.79. The van der Waals surface area contributed by atoms with E-state index in [0.717, 1.165) is 10.7 Å². The van der Waals surface area contributed by atoms with Crippen LogP contribution in [0.3, 0.4) is 0 Å². The van der Waals surface area contributed by atoms with Crippen LogP contribution in [0, 0.1) is 18.8 Å². The van der Waals surface area contributed by atoms with E-state index in [4.69, 9.17) is 0 Å². The van der Waals surface area contributed by atoms with Crippen LogP contribution in [-0.4, -0.2) is 16.2 Å². The normalized spacial score (nSPS) is 14.5. The van der Waals surface area contributed by atoms with Crippen LogP contribution < -0.4 is 0 Å². The minimum Gasteiger partial charge on any atom is -0.380 e. The van der Waals surface area contributed by atoms with E-state index in [9.17, 15) is 5.11 Å². The molecule has 2 atom stereocenters. The van der Waals surface area contributed by atoms with Gasteiger partial charge in [-0.05, 0) is 13.8 Å². The number of thiazole rings is 1. The summed E-state index contributed by atoms with van der Waals surface area (Å²) >= 11 is 1.57. The SMILES string of the molecule is CC#C[C@H](O)[C@H](C)c1nc(C)cs1. The Hall–Kier alpha value is -0.850. The first-order valence-electron chi connectivity index (χ1n) is 4.17. The Morgan fingerprint density at radius 2 is 2.31 bits per heavy atom. The van der Waals surface area contributed by atoms with Gasteiger partial charge in [-0.2, -0.15) is 0 Å². The monoisotopic (exact) mass is 195 g/mol. The van der Waals surface area contributed by atoms with E-state index in [-0.39, 0.29) is 5.92 Å². The van der Waals surface area contributed by atoms with Crippen molar-refractivity contribution in [1.29, 1.82) is 0 Å². The lowest BCUT2D eigenvalue weighted by Crippen LogP contribution is -2.13. The summed E-state index contributed by atoms with van der Waals surface area (Å²) in [4.78, 5) is 4.30. The third-order valence-corrected chi connectivity index (χ3v) is 2.96. The molecule has 1 aromatic rings. The second-order valence-electron chi connectivity index (χ2n) is 2.95. The van der Waals surface area contributed by atoms with E-state index in [1.807, 2.05) is 19.2 Å². The van der Waals surface area contributed by atoms with E-state index in [1.165, 1.54) is 0 Å². The minimum atomic E-state index is -0.601. The second kappa shape index (κ2) is 4.40. The van der Waals surface area contributed by atoms with Gasteiger partial charge in [-0.15, -0.1) is 17.3 Å². The molecule has 1 heterocycles. The van der Waals surface area contributed by atoms with E-state index >= 15 is 0 Å². The molecule has 0 aliphatic rings. The Balaban J connectivity index is 2.76. The smallest absolute Gasteiger partial charge is 0.123 e. The highest BCUT2D eigenvalue weighted by Gasteiger charge is 2.16. The molecule has 0 saturated carbocycles. The summed E-state index contributed by atoms with van der Waals surface area (Å²) < 4.78 is 0. The predicted molar refractivity (Wildman–Crippen MR) is 54.7 cm³/mol. The van der Waals surface area contributed by atoms with Crippen molar-refractivity contribution in [2.24, 2.45) is 0 Å². The molecular weight excluding hydrogens is 182 g/mol. The number of rotatable bonds is 2. The number of hydrogen-bond acceptors (Lipinski definition) is 3. The predicted octanol–water partition coefficient (Wildman–Crippen LogP) is 1.94. The standard InChI is InChI=1S/C10H13NOS/c1-4-5-9(12)8(3)10-11-7(2)6-13-10/h6,8-9,12H,1-3H3/t8-,9-/m0/s1. The van der Waals surface area contributed by atoms with E-state index in [1.54, 1.807) is 18.3 Å². The maximum Gasteiger partial charge on any atom is 0.123 e. The minimum absolute atomic E-state index is 0.00569. The molecule has 0 aliphatic heterocycles. The zero-order chi connectivity index (χ0) is 9.84. The van der Waals surface area contributed by atoms with Crippen LogP contribution in [0.25, 0.3) is 0 Å². The summed E-state index contributed by atoms with van der Waals surface area (Å²) in [6.07, 6.45) is -0.601. The van der Waals surface area contributed by atoms with Gasteiger partial charge in [-0.1, -0.05) is 12.8 Å². The van der Waals surface area contributed by atoms with Crippen LogP contribution >= 0.6 is 11.3 Å². The average molecular weight is 195 g/mol. The van der Waals surface area contributed by atoms with Crippen LogP contribution in [-0.2, 0) is 0 Å². The molecule has 0 fully saturated rings. The van der Waals surface area contributed by atoms with Gasteiger partial charge in [-0.3, -0.25) is 0 Å². The fraction of sp³-hybridized carbons (Fsp3) is 0.500. The summed E-state index contributed by atoms with van der Waals surface area (Å²) in [5.74, 6) is 5.43. The molecule has 1 aromatic heterocycles. The Morgan fingerprint density at radius 3 is 2.77 bits per heavy atom. The first-order valence-corrected chi connectivity index (χ1v) is 5.05. The van der Waals surface area contributed by atoms with Crippen LogP contribution in [0.15, 0.2) is 5.38 Å². The molecule has 13 heavy (non-hydrogen) atoms. The van der Waals surface area contributed by atoms with Crippen molar-refractivity contribution >= 4 is 11.3 Å². The van der Waals surface area contributed by atoms with Gasteiger partial charge in [0.15, 0.2) is 0 Å². The Morgan fingerprint density at radius 1 is 1.62 bits per heavy atom. The van der Waals surface area contributed by atoms with Gasteiger partial charge < -0.3 is 5.11 Å². The van der Waals surface area contributed by atoms with Gasteiger partial charge >= 0.3 is 0 Å². The number of nitrogens with zero attached hydrogens (tertiary/aromatic N) is 1. The molecule has 1 rings (SSSR count). The van der Waals surface area contributed by atoms with Gasteiger partial charge in [-0.25, -0.2) is 4.98 Å². The highest BCUT2D eigenvalue weighted by atomic mass is 32.1. The molecule has 0 bridgehead atoms. The molecular formula is C10H13NOS. The third kappa shape index (κ3) is 2.55. The first-order chi connectivity index (χ1) is 6.15. The van der Waals surface area contributed by atoms with E-state index in [2.05, 4.69) is 16.8 Å². The summed E-state index contributed by atoms with van der Waals surface area (Å²) in [6.45, 7) is 5.61. The largest absolute Gasteiger partial charge is 0.380 e. The van der Waals surface area contributed by atoms with Gasteiger partial charge in [0.2, 0.25) is 0 Å². The first kappa shape index (κ1) is 10.2. The quantitative estimate of drug-likeness (QED) is 0.732. The molecule has 70 valence electrons. The van der Waals surface area contributed by atoms with E-state index in [0.29, 0.717) is 0 Å². The lowest BCUT2D eigenvalue weighted by Gasteiger charge is -2.09. The van der Waals surface area contributed by atoms with Crippen molar-refractivity contribution < 1.29 is 5.11 Å². The maximum atomic E-state index is 9.57. The second-order valence-corrected chi connectivity index (χ2v) is 3.84. The summed E-state index contributed by atoms with van der Waals surface area (Å²) in [7, 11) is 0. The summed E-state index contributed by atoms with van der Waals surface area (Å²) in [5, 5.41) is 12.5. The molecule has 0 aliphatic carbocycles. The molecule has 0 amide bonds. The van der Waals surface area contributed by atoms with Gasteiger partial charge in [0.25, 0.3) is 0 Å². The number of aromatic nitrogens is 1. The van der Waals surface area contributed by atoms with Crippen LogP contribution in [0.2, 0.25) is 0 Å². The maximum absolute atomic E-state index is 9.57. The van der Waals surface area contributed by atoms with Crippen molar-refractivity contribution in [1.82, 2.24) is 4.98 Å². The van der Waals surface area contributed by atoms with Crippen LogP contribution in [0.5, 0.6) is 0 Å². The van der Waals surface area contributed by atoms with Crippen molar-refractivity contribution in [3.05, 3.63) is 16.1 Å². The fourth-order valence-corrected chi connectivity index (χ4v) is 1.87. The van der Waals surface area contributed by atoms with Crippen molar-refractivity contribution in [3.63, 3.8) is 0 Å². The molecule has 0 radical (unpaired) electrons. The number of aliphatic hydroxyl groups is 1. The molecule has 1 N–H and O–H groups in total. The number of aryl methyl sites for hydroxylation is 1. The van der Waals surface area contributed by atoms with Crippen molar-refractivity contribution in [3.8, 4) is 11.8 Å².